The highest BCUT2D eigenvalue weighted by atomic mass is 16.1. The number of amides is 1. The lowest BCUT2D eigenvalue weighted by molar-refractivity contribution is 0.0949. The minimum Gasteiger partial charge on any atom is -0.345 e. The van der Waals surface area contributed by atoms with E-state index in [1.165, 1.54) is 5.56 Å². The molecule has 29 heavy (non-hydrogen) atoms. The second-order valence-electron chi connectivity index (χ2n) is 7.46. The van der Waals surface area contributed by atoms with Crippen molar-refractivity contribution < 1.29 is 4.79 Å². The number of nitrogens with zero attached hydrogens (tertiary/aromatic N) is 5. The van der Waals surface area contributed by atoms with E-state index in [0.29, 0.717) is 18.0 Å². The molecule has 1 atom stereocenters. The van der Waals surface area contributed by atoms with Gasteiger partial charge in [-0.15, -0.1) is 10.2 Å². The summed E-state index contributed by atoms with van der Waals surface area (Å²) in [6.45, 7) is 6.43. The van der Waals surface area contributed by atoms with Crippen molar-refractivity contribution in [1.29, 1.82) is 0 Å². The van der Waals surface area contributed by atoms with Crippen LogP contribution in [0.5, 0.6) is 0 Å². The number of carbonyl (C=O) groups is 1. The highest BCUT2D eigenvalue weighted by Gasteiger charge is 2.20. The van der Waals surface area contributed by atoms with Crippen LogP contribution in [0.15, 0.2) is 54.9 Å². The smallest absolute Gasteiger partial charge is 0.251 e. The van der Waals surface area contributed by atoms with Gasteiger partial charge in [0.15, 0.2) is 5.82 Å². The van der Waals surface area contributed by atoms with Gasteiger partial charge in [-0.1, -0.05) is 37.3 Å². The molecule has 1 unspecified atom stereocenters. The molecule has 4 rings (SSSR count). The topological polar surface area (TPSA) is 75.9 Å². The van der Waals surface area contributed by atoms with E-state index in [4.69, 9.17) is 0 Å². The van der Waals surface area contributed by atoms with Gasteiger partial charge >= 0.3 is 0 Å². The molecule has 1 aliphatic heterocycles. The Balaban J connectivity index is 1.35. The Morgan fingerprint density at radius 2 is 1.86 bits per heavy atom. The van der Waals surface area contributed by atoms with Gasteiger partial charge < -0.3 is 14.8 Å². The highest BCUT2D eigenvalue weighted by Crippen LogP contribution is 2.18. The maximum atomic E-state index is 12.3. The fraction of sp³-hybridized carbons (Fsp3) is 0.364. The fourth-order valence-electron chi connectivity index (χ4n) is 3.78. The van der Waals surface area contributed by atoms with Crippen molar-refractivity contribution in [3.05, 3.63) is 77.6 Å². The highest BCUT2D eigenvalue weighted by molar-refractivity contribution is 5.93. The summed E-state index contributed by atoms with van der Waals surface area (Å²) < 4.78 is 2.15. The molecule has 0 bridgehead atoms. The average Bonchev–Trinajstić information content (AvgIpc) is 3.05. The molecule has 1 N–H and O–H groups in total. The molecule has 1 aliphatic rings. The number of hydrogen-bond acceptors (Lipinski definition) is 5. The summed E-state index contributed by atoms with van der Waals surface area (Å²) in [7, 11) is 0. The fourth-order valence-corrected chi connectivity index (χ4v) is 3.78. The van der Waals surface area contributed by atoms with Crippen LogP contribution in [0.2, 0.25) is 0 Å². The molecule has 3 aromatic rings. The number of fused-ring (bicyclic) bond motifs is 1. The number of carbonyl (C=O) groups excluding carboxylic acids is 1. The summed E-state index contributed by atoms with van der Waals surface area (Å²) in [5, 5.41) is 11.6. The predicted octanol–water partition coefficient (Wildman–Crippen LogP) is 2.26. The molecule has 1 aromatic carbocycles. The Morgan fingerprint density at radius 3 is 2.66 bits per heavy atom. The third-order valence-electron chi connectivity index (χ3n) is 5.45. The molecule has 150 valence electrons. The first-order valence-electron chi connectivity index (χ1n) is 10.1. The Bertz CT molecular complexity index is 940. The van der Waals surface area contributed by atoms with Crippen molar-refractivity contribution >= 4 is 5.91 Å². The van der Waals surface area contributed by atoms with E-state index in [9.17, 15) is 4.79 Å². The van der Waals surface area contributed by atoms with E-state index in [1.54, 1.807) is 24.5 Å². The van der Waals surface area contributed by atoms with Gasteiger partial charge in [-0.05, 0) is 23.6 Å². The third kappa shape index (κ3) is 4.68. The van der Waals surface area contributed by atoms with Crippen molar-refractivity contribution in [1.82, 2.24) is 30.0 Å². The molecule has 0 spiro atoms. The quantitative estimate of drug-likeness (QED) is 0.699. The first-order chi connectivity index (χ1) is 14.2. The zero-order valence-electron chi connectivity index (χ0n) is 16.7. The first kappa shape index (κ1) is 19.3. The summed E-state index contributed by atoms with van der Waals surface area (Å²) >= 11 is 0. The molecule has 0 aliphatic carbocycles. The number of rotatable bonds is 6. The van der Waals surface area contributed by atoms with Gasteiger partial charge in [0, 0.05) is 50.6 Å². The number of benzene rings is 1. The maximum absolute atomic E-state index is 12.3. The molecule has 0 saturated carbocycles. The van der Waals surface area contributed by atoms with Crippen LogP contribution < -0.4 is 5.32 Å². The molecule has 7 heteroatoms. The second-order valence-corrected chi connectivity index (χ2v) is 7.46. The zero-order chi connectivity index (χ0) is 20.1. The SMILES string of the molecule is CC(CN1CCc2nnc(CNC(=O)c3ccncc3)n2CC1)c1ccccc1. The summed E-state index contributed by atoms with van der Waals surface area (Å²) in [6.07, 6.45) is 4.10. The number of nitrogens with one attached hydrogen (secondary N) is 1. The molecular formula is C22H26N6O. The van der Waals surface area contributed by atoms with Crippen molar-refractivity contribution in [3.8, 4) is 0 Å². The number of aromatic nitrogens is 4. The largest absolute Gasteiger partial charge is 0.345 e. The lowest BCUT2D eigenvalue weighted by Gasteiger charge is -2.24. The Kier molecular flexibility index (Phi) is 5.95. The van der Waals surface area contributed by atoms with Gasteiger partial charge in [0.1, 0.15) is 5.82 Å². The minimum absolute atomic E-state index is 0.128. The van der Waals surface area contributed by atoms with Crippen molar-refractivity contribution in [3.63, 3.8) is 0 Å². The molecule has 2 aromatic heterocycles. The van der Waals surface area contributed by atoms with Gasteiger partial charge in [0.25, 0.3) is 5.91 Å². The second kappa shape index (κ2) is 8.96. The standard InChI is InChI=1S/C22H26N6O/c1-17(18-5-3-2-4-6-18)16-27-12-9-20-25-26-21(28(20)14-13-27)15-24-22(29)19-7-10-23-11-8-19/h2-8,10-11,17H,9,12-16H2,1H3,(H,24,29). The van der Waals surface area contributed by atoms with Crippen LogP contribution in [0.3, 0.4) is 0 Å². The van der Waals surface area contributed by atoms with E-state index in [0.717, 1.165) is 44.2 Å². The molecule has 3 heterocycles. The van der Waals surface area contributed by atoms with Gasteiger partial charge in [0.05, 0.1) is 6.54 Å². The van der Waals surface area contributed by atoms with E-state index in [1.807, 2.05) is 0 Å². The van der Waals surface area contributed by atoms with E-state index in [-0.39, 0.29) is 5.91 Å². The molecular weight excluding hydrogens is 364 g/mol. The first-order valence-corrected chi connectivity index (χ1v) is 10.1. The third-order valence-corrected chi connectivity index (χ3v) is 5.45. The Hall–Kier alpha value is -3.06. The van der Waals surface area contributed by atoms with Crippen LogP contribution in [-0.2, 0) is 19.5 Å². The summed E-state index contributed by atoms with van der Waals surface area (Å²) in [5.41, 5.74) is 1.97. The Labute approximate surface area is 170 Å². The molecule has 0 fully saturated rings. The molecule has 0 radical (unpaired) electrons. The van der Waals surface area contributed by atoms with Crippen LogP contribution in [0.25, 0.3) is 0 Å². The van der Waals surface area contributed by atoms with Crippen molar-refractivity contribution in [2.24, 2.45) is 0 Å². The summed E-state index contributed by atoms with van der Waals surface area (Å²) in [5.74, 6) is 2.16. The van der Waals surface area contributed by atoms with Crippen molar-refractivity contribution in [2.75, 3.05) is 19.6 Å². The van der Waals surface area contributed by atoms with E-state index < -0.39 is 0 Å². The van der Waals surface area contributed by atoms with Crippen LogP contribution in [0, 0.1) is 0 Å². The normalized spacial score (nSPS) is 15.3. The lowest BCUT2D eigenvalue weighted by Crippen LogP contribution is -2.31. The van der Waals surface area contributed by atoms with E-state index in [2.05, 4.69) is 67.2 Å². The molecule has 0 saturated heterocycles. The average molecular weight is 390 g/mol. The van der Waals surface area contributed by atoms with Crippen LogP contribution in [0.4, 0.5) is 0 Å². The number of pyridine rings is 1. The minimum atomic E-state index is -0.128. The van der Waals surface area contributed by atoms with Gasteiger partial charge in [-0.25, -0.2) is 0 Å². The molecule has 7 nitrogen and oxygen atoms in total. The monoisotopic (exact) mass is 390 g/mol. The summed E-state index contributed by atoms with van der Waals surface area (Å²) in [4.78, 5) is 18.7. The van der Waals surface area contributed by atoms with Crippen LogP contribution in [-0.4, -0.2) is 50.2 Å². The van der Waals surface area contributed by atoms with Crippen molar-refractivity contribution in [2.45, 2.75) is 32.4 Å². The van der Waals surface area contributed by atoms with Crippen LogP contribution >= 0.6 is 0 Å². The predicted molar refractivity (Wildman–Crippen MR) is 110 cm³/mol. The zero-order valence-corrected chi connectivity index (χ0v) is 16.7. The molecule has 1 amide bonds. The maximum Gasteiger partial charge on any atom is 0.251 e. The van der Waals surface area contributed by atoms with Gasteiger partial charge in [0.2, 0.25) is 0 Å². The summed E-state index contributed by atoms with van der Waals surface area (Å²) in [6, 6.07) is 14.0. The van der Waals surface area contributed by atoms with Gasteiger partial charge in [-0.3, -0.25) is 9.78 Å². The Morgan fingerprint density at radius 1 is 1.07 bits per heavy atom. The van der Waals surface area contributed by atoms with Gasteiger partial charge in [-0.2, -0.15) is 0 Å². The lowest BCUT2D eigenvalue weighted by atomic mass is 10.0. The number of hydrogen-bond donors (Lipinski definition) is 1. The van der Waals surface area contributed by atoms with Crippen LogP contribution in [0.1, 0.15) is 40.4 Å². The van der Waals surface area contributed by atoms with E-state index >= 15 is 0 Å².